The van der Waals surface area contributed by atoms with Crippen LogP contribution in [0.3, 0.4) is 0 Å². The lowest BCUT2D eigenvalue weighted by atomic mass is 9.84. The molecule has 0 aromatic heterocycles. The van der Waals surface area contributed by atoms with Gasteiger partial charge in [-0.3, -0.25) is 24.2 Å². The summed E-state index contributed by atoms with van der Waals surface area (Å²) in [5, 5.41) is 8.52. The molecule has 4 atom stereocenters. The Balaban J connectivity index is 1.45. The third kappa shape index (κ3) is 7.51. The van der Waals surface area contributed by atoms with Crippen molar-refractivity contribution >= 4 is 34.2 Å². The number of piperidine rings is 1. The van der Waals surface area contributed by atoms with Crippen LogP contribution >= 0.6 is 0 Å². The molecule has 4 rings (SSSR count). The molecule has 0 saturated carbocycles. The quantitative estimate of drug-likeness (QED) is 0.450. The van der Waals surface area contributed by atoms with E-state index in [4.69, 9.17) is 0 Å². The number of likely N-dealkylation sites (N-methyl/N-ethyl adjacent to an activating group) is 2. The highest BCUT2D eigenvalue weighted by Crippen LogP contribution is 2.27. The van der Waals surface area contributed by atoms with E-state index in [-0.39, 0.29) is 41.8 Å². The number of nitrogens with one attached hydrogen (secondary N) is 2. The molecule has 2 aromatic carbocycles. The Bertz CT molecular complexity index is 1260. The van der Waals surface area contributed by atoms with Crippen LogP contribution in [0.5, 0.6) is 0 Å². The molecular formula is C34H51N5O3. The van der Waals surface area contributed by atoms with Gasteiger partial charge in [-0.25, -0.2) is 0 Å². The maximum Gasteiger partial charge on any atom is 0.245 e. The van der Waals surface area contributed by atoms with Crippen molar-refractivity contribution in [1.82, 2.24) is 20.0 Å². The Morgan fingerprint density at radius 3 is 2.29 bits per heavy atom. The lowest BCUT2D eigenvalue weighted by Crippen LogP contribution is -2.61. The summed E-state index contributed by atoms with van der Waals surface area (Å²) < 4.78 is 0. The minimum atomic E-state index is -0.642. The molecular weight excluding hydrogens is 526 g/mol. The number of rotatable bonds is 9. The van der Waals surface area contributed by atoms with Crippen molar-refractivity contribution in [3.63, 3.8) is 0 Å². The molecule has 4 unspecified atom stereocenters. The van der Waals surface area contributed by atoms with Crippen molar-refractivity contribution in [2.45, 2.75) is 90.9 Å². The SMILES string of the molecule is CC(C)C(CN1CCCC1C(=O)Nc1ccc2ccccc2c1)N(C)C(=O)C(NC(=O)C1CCCCN1C)C(C)(C)C. The van der Waals surface area contributed by atoms with E-state index in [9.17, 15) is 14.4 Å². The largest absolute Gasteiger partial charge is 0.342 e. The first kappa shape index (κ1) is 32.0. The second-order valence-electron chi connectivity index (χ2n) is 13.8. The summed E-state index contributed by atoms with van der Waals surface area (Å²) >= 11 is 0. The molecule has 8 heteroatoms. The molecule has 2 aliphatic rings. The van der Waals surface area contributed by atoms with Crippen LogP contribution in [0.15, 0.2) is 42.5 Å². The zero-order valence-corrected chi connectivity index (χ0v) is 26.7. The molecule has 0 aliphatic carbocycles. The zero-order valence-electron chi connectivity index (χ0n) is 26.7. The summed E-state index contributed by atoms with van der Waals surface area (Å²) in [7, 11) is 3.84. The van der Waals surface area contributed by atoms with Crippen molar-refractivity contribution in [2.75, 3.05) is 39.0 Å². The Kier molecular flexibility index (Phi) is 10.3. The van der Waals surface area contributed by atoms with Gasteiger partial charge in [-0.1, -0.05) is 71.4 Å². The van der Waals surface area contributed by atoms with E-state index in [1.807, 2.05) is 76.2 Å². The maximum absolute atomic E-state index is 14.1. The third-order valence-corrected chi connectivity index (χ3v) is 9.19. The van der Waals surface area contributed by atoms with Crippen molar-refractivity contribution in [3.8, 4) is 0 Å². The molecule has 0 radical (unpaired) electrons. The number of hydrogen-bond donors (Lipinski definition) is 2. The Hall–Kier alpha value is -2.97. The van der Waals surface area contributed by atoms with Crippen molar-refractivity contribution in [1.29, 1.82) is 0 Å². The molecule has 0 spiro atoms. The van der Waals surface area contributed by atoms with Gasteiger partial charge in [-0.2, -0.15) is 0 Å². The van der Waals surface area contributed by atoms with Crippen LogP contribution in [0.1, 0.15) is 66.7 Å². The molecule has 2 N–H and O–H groups in total. The minimum Gasteiger partial charge on any atom is -0.342 e. The second-order valence-corrected chi connectivity index (χ2v) is 13.8. The molecule has 8 nitrogen and oxygen atoms in total. The molecule has 2 saturated heterocycles. The predicted octanol–water partition coefficient (Wildman–Crippen LogP) is 4.74. The zero-order chi connectivity index (χ0) is 30.6. The molecule has 230 valence electrons. The van der Waals surface area contributed by atoms with Crippen LogP contribution < -0.4 is 10.6 Å². The molecule has 2 aromatic rings. The highest BCUT2D eigenvalue weighted by molar-refractivity contribution is 5.97. The number of anilines is 1. The van der Waals surface area contributed by atoms with E-state index >= 15 is 0 Å². The fourth-order valence-corrected chi connectivity index (χ4v) is 6.52. The van der Waals surface area contributed by atoms with E-state index in [2.05, 4.69) is 40.3 Å². The van der Waals surface area contributed by atoms with Crippen LogP contribution in [0.25, 0.3) is 10.8 Å². The van der Waals surface area contributed by atoms with Crippen LogP contribution in [0, 0.1) is 11.3 Å². The Morgan fingerprint density at radius 2 is 1.62 bits per heavy atom. The third-order valence-electron chi connectivity index (χ3n) is 9.19. The first-order valence-corrected chi connectivity index (χ1v) is 15.7. The first-order chi connectivity index (χ1) is 19.9. The standard InChI is InChI=1S/C34H51N5O3/c1-23(2)29(38(7)33(42)30(34(3,4)5)36-31(40)27-15-10-11-19-37(27)6)22-39-20-12-16-28(39)32(41)35-26-18-17-24-13-8-9-14-25(24)21-26/h8-9,13-14,17-18,21,23,27-30H,10-12,15-16,19-20,22H2,1-7H3,(H,35,41)(H,36,40). The smallest absolute Gasteiger partial charge is 0.245 e. The monoisotopic (exact) mass is 577 g/mol. The number of carbonyl (C=O) groups excluding carboxylic acids is 3. The minimum absolute atomic E-state index is 0.00398. The van der Waals surface area contributed by atoms with Crippen molar-refractivity contribution in [2.24, 2.45) is 11.3 Å². The number of amides is 3. The van der Waals surface area contributed by atoms with Gasteiger partial charge in [0.2, 0.25) is 17.7 Å². The van der Waals surface area contributed by atoms with E-state index < -0.39 is 11.5 Å². The summed E-state index contributed by atoms with van der Waals surface area (Å²) in [5.74, 6) is 0.0227. The van der Waals surface area contributed by atoms with Crippen molar-refractivity contribution < 1.29 is 14.4 Å². The number of carbonyl (C=O) groups is 3. The highest BCUT2D eigenvalue weighted by atomic mass is 16.2. The lowest BCUT2D eigenvalue weighted by Gasteiger charge is -2.41. The van der Waals surface area contributed by atoms with Crippen LogP contribution in [0.4, 0.5) is 5.69 Å². The molecule has 2 fully saturated rings. The van der Waals surface area contributed by atoms with Gasteiger partial charge < -0.3 is 15.5 Å². The molecule has 3 amide bonds. The van der Waals surface area contributed by atoms with Gasteiger partial charge in [-0.05, 0) is 80.1 Å². The summed E-state index contributed by atoms with van der Waals surface area (Å²) in [6.07, 6.45) is 4.66. The van der Waals surface area contributed by atoms with Crippen LogP contribution in [-0.2, 0) is 14.4 Å². The van der Waals surface area contributed by atoms with Gasteiger partial charge in [0.05, 0.1) is 12.1 Å². The molecule has 0 bridgehead atoms. The summed E-state index contributed by atoms with van der Waals surface area (Å²) in [6.45, 7) is 12.6. The van der Waals surface area contributed by atoms with Gasteiger partial charge >= 0.3 is 0 Å². The number of hydrogen-bond acceptors (Lipinski definition) is 5. The normalized spacial score (nSPS) is 21.7. The van der Waals surface area contributed by atoms with Crippen LogP contribution in [0.2, 0.25) is 0 Å². The number of nitrogens with zero attached hydrogens (tertiary/aromatic N) is 3. The number of likely N-dealkylation sites (tertiary alicyclic amines) is 2. The average molecular weight is 578 g/mol. The van der Waals surface area contributed by atoms with E-state index in [0.29, 0.717) is 6.54 Å². The molecule has 2 heterocycles. The van der Waals surface area contributed by atoms with Gasteiger partial charge in [-0.15, -0.1) is 0 Å². The average Bonchev–Trinajstić information content (AvgIpc) is 3.42. The van der Waals surface area contributed by atoms with Gasteiger partial charge in [0.15, 0.2) is 0 Å². The van der Waals surface area contributed by atoms with Crippen LogP contribution in [-0.4, -0.2) is 90.3 Å². The van der Waals surface area contributed by atoms with Crippen molar-refractivity contribution in [3.05, 3.63) is 42.5 Å². The molecule has 42 heavy (non-hydrogen) atoms. The summed E-state index contributed by atoms with van der Waals surface area (Å²) in [5.41, 5.74) is 0.344. The number of fused-ring (bicyclic) bond motifs is 1. The van der Waals surface area contributed by atoms with E-state index in [1.54, 1.807) is 0 Å². The second kappa shape index (κ2) is 13.6. The summed E-state index contributed by atoms with van der Waals surface area (Å²) in [4.78, 5) is 47.0. The maximum atomic E-state index is 14.1. The Morgan fingerprint density at radius 1 is 0.929 bits per heavy atom. The topological polar surface area (TPSA) is 85.0 Å². The Labute approximate surface area is 252 Å². The van der Waals surface area contributed by atoms with E-state index in [0.717, 1.165) is 61.7 Å². The first-order valence-electron chi connectivity index (χ1n) is 15.7. The fourth-order valence-electron chi connectivity index (χ4n) is 6.52. The fraction of sp³-hybridized carbons (Fsp3) is 0.618. The highest BCUT2D eigenvalue weighted by Gasteiger charge is 2.41. The van der Waals surface area contributed by atoms with Gasteiger partial charge in [0.1, 0.15) is 6.04 Å². The van der Waals surface area contributed by atoms with Gasteiger partial charge in [0, 0.05) is 25.3 Å². The van der Waals surface area contributed by atoms with Gasteiger partial charge in [0.25, 0.3) is 0 Å². The lowest BCUT2D eigenvalue weighted by molar-refractivity contribution is -0.142. The summed E-state index contributed by atoms with van der Waals surface area (Å²) in [6, 6.07) is 12.9. The number of benzene rings is 2. The molecule has 2 aliphatic heterocycles. The predicted molar refractivity (Wildman–Crippen MR) is 170 cm³/mol. The van der Waals surface area contributed by atoms with E-state index in [1.165, 1.54) is 0 Å².